The Labute approximate surface area is 141 Å². The predicted octanol–water partition coefficient (Wildman–Crippen LogP) is 2.40. The van der Waals surface area contributed by atoms with Gasteiger partial charge in [-0.05, 0) is 44.5 Å². The van der Waals surface area contributed by atoms with Crippen LogP contribution in [0.3, 0.4) is 0 Å². The Balaban J connectivity index is 1.80. The largest absolute Gasteiger partial charge is 0.469 e. The van der Waals surface area contributed by atoms with Gasteiger partial charge < -0.3 is 10.1 Å². The zero-order valence-electron chi connectivity index (χ0n) is 13.5. The minimum absolute atomic E-state index is 0.0334. The molecule has 23 heavy (non-hydrogen) atoms. The fraction of sp³-hybridized carbons (Fsp3) is 0.529. The number of hydrogen-bond acceptors (Lipinski definition) is 4. The molecule has 1 N–H and O–H groups in total. The van der Waals surface area contributed by atoms with E-state index < -0.39 is 0 Å². The molecule has 0 bridgehead atoms. The van der Waals surface area contributed by atoms with Crippen LogP contribution in [0, 0.1) is 5.92 Å². The molecular formula is C17H23ClN2O3. The molecule has 1 fully saturated rings. The summed E-state index contributed by atoms with van der Waals surface area (Å²) >= 11 is 6.15. The number of nitrogens with one attached hydrogen (secondary N) is 1. The van der Waals surface area contributed by atoms with Crippen LogP contribution in [0.4, 0.5) is 0 Å². The Morgan fingerprint density at radius 1 is 1.35 bits per heavy atom. The van der Waals surface area contributed by atoms with E-state index in [1.807, 2.05) is 31.2 Å². The maximum absolute atomic E-state index is 12.2. The topological polar surface area (TPSA) is 58.6 Å². The molecule has 1 aromatic rings. The highest BCUT2D eigenvalue weighted by molar-refractivity contribution is 6.31. The summed E-state index contributed by atoms with van der Waals surface area (Å²) in [5, 5.41) is 3.62. The van der Waals surface area contributed by atoms with E-state index in [9.17, 15) is 9.59 Å². The third-order valence-electron chi connectivity index (χ3n) is 4.24. The maximum Gasteiger partial charge on any atom is 0.308 e. The highest BCUT2D eigenvalue weighted by Crippen LogP contribution is 2.22. The smallest absolute Gasteiger partial charge is 0.308 e. The number of piperidine rings is 1. The van der Waals surface area contributed by atoms with Crippen LogP contribution in [0.5, 0.6) is 0 Å². The molecule has 1 aliphatic rings. The van der Waals surface area contributed by atoms with Gasteiger partial charge in [-0.25, -0.2) is 0 Å². The molecule has 0 radical (unpaired) electrons. The molecule has 0 unspecified atom stereocenters. The number of amides is 1. The van der Waals surface area contributed by atoms with Gasteiger partial charge in [-0.3, -0.25) is 14.5 Å². The van der Waals surface area contributed by atoms with Crippen molar-refractivity contribution in [2.24, 2.45) is 5.92 Å². The van der Waals surface area contributed by atoms with E-state index in [2.05, 4.69) is 10.2 Å². The van der Waals surface area contributed by atoms with Crippen molar-refractivity contribution in [3.8, 4) is 0 Å². The number of benzene rings is 1. The first-order valence-corrected chi connectivity index (χ1v) is 8.23. The van der Waals surface area contributed by atoms with E-state index in [0.717, 1.165) is 31.5 Å². The SMILES string of the molecule is COC(=O)C1CCN(CC(=O)N[C@H](C)c2ccccc2Cl)CC1. The third-order valence-corrected chi connectivity index (χ3v) is 4.58. The van der Waals surface area contributed by atoms with Crippen LogP contribution in [0.2, 0.25) is 5.02 Å². The summed E-state index contributed by atoms with van der Waals surface area (Å²) < 4.78 is 4.77. The lowest BCUT2D eigenvalue weighted by molar-refractivity contribution is -0.147. The van der Waals surface area contributed by atoms with Gasteiger partial charge in [0.1, 0.15) is 0 Å². The zero-order valence-corrected chi connectivity index (χ0v) is 14.3. The van der Waals surface area contributed by atoms with Crippen LogP contribution in [0.25, 0.3) is 0 Å². The number of halogens is 1. The normalized spacial score (nSPS) is 17.5. The second kappa shape index (κ2) is 8.31. The van der Waals surface area contributed by atoms with Crippen molar-refractivity contribution in [2.75, 3.05) is 26.7 Å². The highest BCUT2D eigenvalue weighted by atomic mass is 35.5. The molecule has 0 aromatic heterocycles. The summed E-state index contributed by atoms with van der Waals surface area (Å²) in [5.41, 5.74) is 0.909. The van der Waals surface area contributed by atoms with E-state index in [0.29, 0.717) is 11.6 Å². The average molecular weight is 339 g/mol. The van der Waals surface area contributed by atoms with Gasteiger partial charge in [-0.1, -0.05) is 29.8 Å². The Kier molecular flexibility index (Phi) is 6.42. The minimum Gasteiger partial charge on any atom is -0.469 e. The molecule has 1 amide bonds. The lowest BCUT2D eigenvalue weighted by Crippen LogP contribution is -2.43. The first-order chi connectivity index (χ1) is 11.0. The van der Waals surface area contributed by atoms with Crippen LogP contribution in [-0.4, -0.2) is 43.5 Å². The summed E-state index contributed by atoms with van der Waals surface area (Å²) in [6, 6.07) is 7.36. The van der Waals surface area contributed by atoms with Crippen LogP contribution in [0.15, 0.2) is 24.3 Å². The average Bonchev–Trinajstić information content (AvgIpc) is 2.55. The molecule has 0 aliphatic carbocycles. The molecule has 126 valence electrons. The highest BCUT2D eigenvalue weighted by Gasteiger charge is 2.26. The van der Waals surface area contributed by atoms with E-state index in [1.165, 1.54) is 7.11 Å². The van der Waals surface area contributed by atoms with E-state index in [4.69, 9.17) is 16.3 Å². The minimum atomic E-state index is -0.151. The van der Waals surface area contributed by atoms with Crippen molar-refractivity contribution < 1.29 is 14.3 Å². The Morgan fingerprint density at radius 2 is 2.00 bits per heavy atom. The molecule has 0 saturated carbocycles. The fourth-order valence-electron chi connectivity index (χ4n) is 2.89. The second-order valence-corrected chi connectivity index (χ2v) is 6.29. The van der Waals surface area contributed by atoms with Crippen LogP contribution in [0.1, 0.15) is 31.4 Å². The number of carbonyl (C=O) groups is 2. The van der Waals surface area contributed by atoms with E-state index in [-0.39, 0.29) is 23.8 Å². The molecule has 1 saturated heterocycles. The molecule has 1 atom stereocenters. The number of hydrogen-bond donors (Lipinski definition) is 1. The number of esters is 1. The summed E-state index contributed by atoms with van der Waals surface area (Å²) in [6.45, 7) is 3.71. The number of rotatable bonds is 5. The van der Waals surface area contributed by atoms with E-state index in [1.54, 1.807) is 0 Å². The number of likely N-dealkylation sites (tertiary alicyclic amines) is 1. The number of methoxy groups -OCH3 is 1. The number of nitrogens with zero attached hydrogens (tertiary/aromatic N) is 1. The second-order valence-electron chi connectivity index (χ2n) is 5.88. The summed E-state index contributed by atoms with van der Waals surface area (Å²) in [4.78, 5) is 25.8. The van der Waals surface area contributed by atoms with Gasteiger partial charge in [0.25, 0.3) is 0 Å². The standard InChI is InChI=1S/C17H23ClN2O3/c1-12(14-5-3-4-6-15(14)18)19-16(21)11-20-9-7-13(8-10-20)17(22)23-2/h3-6,12-13H,7-11H2,1-2H3,(H,19,21)/t12-/m1/s1. The van der Waals surface area contributed by atoms with Gasteiger partial charge in [0, 0.05) is 5.02 Å². The molecule has 6 heteroatoms. The van der Waals surface area contributed by atoms with Crippen molar-refractivity contribution in [2.45, 2.75) is 25.8 Å². The Hall–Kier alpha value is -1.59. The zero-order chi connectivity index (χ0) is 16.8. The van der Waals surface area contributed by atoms with Gasteiger partial charge in [-0.15, -0.1) is 0 Å². The van der Waals surface area contributed by atoms with Crippen molar-refractivity contribution in [3.63, 3.8) is 0 Å². The summed E-state index contributed by atoms with van der Waals surface area (Å²) in [6.07, 6.45) is 1.47. The van der Waals surface area contributed by atoms with Crippen molar-refractivity contribution in [1.82, 2.24) is 10.2 Å². The molecule has 2 rings (SSSR count). The van der Waals surface area contributed by atoms with Gasteiger partial charge in [0.2, 0.25) is 5.91 Å². The molecule has 1 aliphatic heterocycles. The first kappa shape index (κ1) is 17.8. The van der Waals surface area contributed by atoms with E-state index >= 15 is 0 Å². The van der Waals surface area contributed by atoms with Gasteiger partial charge in [-0.2, -0.15) is 0 Å². The lowest BCUT2D eigenvalue weighted by Gasteiger charge is -2.30. The predicted molar refractivity (Wildman–Crippen MR) is 89.2 cm³/mol. The van der Waals surface area contributed by atoms with Crippen molar-refractivity contribution >= 4 is 23.5 Å². The van der Waals surface area contributed by atoms with Crippen molar-refractivity contribution in [3.05, 3.63) is 34.9 Å². The molecular weight excluding hydrogens is 316 g/mol. The fourth-order valence-corrected chi connectivity index (χ4v) is 3.19. The van der Waals surface area contributed by atoms with Crippen LogP contribution in [-0.2, 0) is 14.3 Å². The molecule has 1 aromatic carbocycles. The third kappa shape index (κ3) is 4.94. The quantitative estimate of drug-likeness (QED) is 0.838. The van der Waals surface area contributed by atoms with Crippen molar-refractivity contribution in [1.29, 1.82) is 0 Å². The van der Waals surface area contributed by atoms with Gasteiger partial charge in [0.15, 0.2) is 0 Å². The monoisotopic (exact) mass is 338 g/mol. The van der Waals surface area contributed by atoms with Crippen LogP contribution >= 0.6 is 11.6 Å². The number of ether oxygens (including phenoxy) is 1. The first-order valence-electron chi connectivity index (χ1n) is 7.85. The van der Waals surface area contributed by atoms with Gasteiger partial charge >= 0.3 is 5.97 Å². The summed E-state index contributed by atoms with van der Waals surface area (Å²) in [5.74, 6) is -0.225. The Morgan fingerprint density at radius 3 is 2.61 bits per heavy atom. The molecule has 5 nitrogen and oxygen atoms in total. The molecule has 0 spiro atoms. The van der Waals surface area contributed by atoms with Gasteiger partial charge in [0.05, 0.1) is 25.6 Å². The number of carbonyl (C=O) groups excluding carboxylic acids is 2. The van der Waals surface area contributed by atoms with Crippen LogP contribution < -0.4 is 5.32 Å². The molecule has 1 heterocycles. The Bertz CT molecular complexity index is 557. The lowest BCUT2D eigenvalue weighted by atomic mass is 9.97. The maximum atomic E-state index is 12.2. The summed E-state index contributed by atoms with van der Waals surface area (Å²) in [7, 11) is 1.41.